The zero-order valence-corrected chi connectivity index (χ0v) is 12.1. The number of benzene rings is 1. The number of hydrogen-bond donors (Lipinski definition) is 1. The number of nitrogens with zero attached hydrogens (tertiary/aromatic N) is 1. The molecule has 0 atom stereocenters. The molecule has 2 rings (SSSR count). The van der Waals surface area contributed by atoms with Crippen molar-refractivity contribution in [1.82, 2.24) is 10.3 Å². The van der Waals surface area contributed by atoms with Crippen LogP contribution in [0.4, 0.5) is 4.39 Å². The zero-order valence-electron chi connectivity index (χ0n) is 10.5. The lowest BCUT2D eigenvalue weighted by Gasteiger charge is -2.11. The van der Waals surface area contributed by atoms with Crippen LogP contribution in [0.5, 0.6) is 11.6 Å². The summed E-state index contributed by atoms with van der Waals surface area (Å²) in [6.45, 7) is 3.58. The smallest absolute Gasteiger partial charge is 0.223 e. The van der Waals surface area contributed by atoms with E-state index in [9.17, 15) is 4.39 Å². The van der Waals surface area contributed by atoms with E-state index in [0.29, 0.717) is 22.6 Å². The van der Waals surface area contributed by atoms with E-state index in [1.54, 1.807) is 12.3 Å². The van der Waals surface area contributed by atoms with Crippen molar-refractivity contribution < 1.29 is 9.13 Å². The lowest BCUT2D eigenvalue weighted by Crippen LogP contribution is -2.12. The third kappa shape index (κ3) is 3.75. The molecule has 2 aromatic rings. The van der Waals surface area contributed by atoms with Crippen molar-refractivity contribution in [1.29, 1.82) is 0 Å². The van der Waals surface area contributed by atoms with Gasteiger partial charge in [-0.25, -0.2) is 9.37 Å². The van der Waals surface area contributed by atoms with E-state index >= 15 is 0 Å². The Hall–Kier alpha value is -1.46. The van der Waals surface area contributed by atoms with Gasteiger partial charge in [0.05, 0.1) is 4.47 Å². The van der Waals surface area contributed by atoms with Crippen molar-refractivity contribution in [3.8, 4) is 11.6 Å². The van der Waals surface area contributed by atoms with Gasteiger partial charge < -0.3 is 10.1 Å². The molecule has 0 spiro atoms. The number of aromatic nitrogens is 1. The Morgan fingerprint density at radius 2 is 2.21 bits per heavy atom. The molecule has 0 aliphatic carbocycles. The molecule has 3 nitrogen and oxygen atoms in total. The second-order valence-corrected chi connectivity index (χ2v) is 4.78. The molecule has 100 valence electrons. The third-order valence-corrected chi connectivity index (χ3v) is 3.14. The van der Waals surface area contributed by atoms with E-state index in [2.05, 4.69) is 26.2 Å². The molecule has 0 aliphatic heterocycles. The van der Waals surface area contributed by atoms with Crippen LogP contribution in [0.25, 0.3) is 0 Å². The summed E-state index contributed by atoms with van der Waals surface area (Å²) in [6.07, 6.45) is 1.67. The number of rotatable bonds is 5. The predicted octanol–water partition coefficient (Wildman–Crippen LogP) is 3.89. The summed E-state index contributed by atoms with van der Waals surface area (Å²) in [5.41, 5.74) is 0.959. The quantitative estimate of drug-likeness (QED) is 0.906. The standard InChI is InChI=1S/C14H14BrFN2O/c1-2-17-9-10-4-3-7-18-14(10)19-13-6-5-11(16)8-12(13)15/h3-8,17H,2,9H2,1H3. The number of halogens is 2. The largest absolute Gasteiger partial charge is 0.438 e. The van der Waals surface area contributed by atoms with E-state index in [4.69, 9.17) is 4.74 Å². The van der Waals surface area contributed by atoms with Gasteiger partial charge in [-0.15, -0.1) is 0 Å². The monoisotopic (exact) mass is 324 g/mol. The molecule has 0 fully saturated rings. The van der Waals surface area contributed by atoms with E-state index in [0.717, 1.165) is 12.1 Å². The first-order valence-electron chi connectivity index (χ1n) is 5.98. The zero-order chi connectivity index (χ0) is 13.7. The molecule has 0 aliphatic rings. The minimum Gasteiger partial charge on any atom is -0.438 e. The van der Waals surface area contributed by atoms with Crippen molar-refractivity contribution in [2.45, 2.75) is 13.5 Å². The second-order valence-electron chi connectivity index (χ2n) is 3.92. The summed E-state index contributed by atoms with van der Waals surface area (Å²) in [5.74, 6) is 0.752. The predicted molar refractivity (Wildman–Crippen MR) is 75.8 cm³/mol. The average Bonchev–Trinajstić information content (AvgIpc) is 2.41. The van der Waals surface area contributed by atoms with Gasteiger partial charge in [0, 0.05) is 18.3 Å². The normalized spacial score (nSPS) is 10.5. The van der Waals surface area contributed by atoms with Gasteiger partial charge in [-0.2, -0.15) is 0 Å². The summed E-state index contributed by atoms with van der Waals surface area (Å²) < 4.78 is 19.3. The van der Waals surface area contributed by atoms with Crippen LogP contribution in [0.2, 0.25) is 0 Å². The lowest BCUT2D eigenvalue weighted by atomic mass is 10.2. The van der Waals surface area contributed by atoms with Crippen molar-refractivity contribution in [2.75, 3.05) is 6.54 Å². The maximum atomic E-state index is 13.0. The summed E-state index contributed by atoms with van der Waals surface area (Å²) in [4.78, 5) is 4.21. The third-order valence-electron chi connectivity index (χ3n) is 2.52. The van der Waals surface area contributed by atoms with E-state index in [1.807, 2.05) is 19.1 Å². The van der Waals surface area contributed by atoms with Crippen LogP contribution in [0, 0.1) is 5.82 Å². The lowest BCUT2D eigenvalue weighted by molar-refractivity contribution is 0.449. The Morgan fingerprint density at radius 3 is 2.95 bits per heavy atom. The van der Waals surface area contributed by atoms with Gasteiger partial charge in [-0.1, -0.05) is 13.0 Å². The molecule has 0 saturated carbocycles. The molecule has 0 saturated heterocycles. The maximum absolute atomic E-state index is 13.0. The summed E-state index contributed by atoms with van der Waals surface area (Å²) in [7, 11) is 0. The van der Waals surface area contributed by atoms with Crippen LogP contribution >= 0.6 is 15.9 Å². The van der Waals surface area contributed by atoms with Crippen molar-refractivity contribution >= 4 is 15.9 Å². The maximum Gasteiger partial charge on any atom is 0.223 e. The first-order chi connectivity index (χ1) is 9.20. The highest BCUT2D eigenvalue weighted by Gasteiger charge is 2.08. The molecule has 1 N–H and O–H groups in total. The fourth-order valence-electron chi connectivity index (χ4n) is 1.57. The van der Waals surface area contributed by atoms with Gasteiger partial charge in [0.2, 0.25) is 5.88 Å². The number of hydrogen-bond acceptors (Lipinski definition) is 3. The van der Waals surface area contributed by atoms with Crippen molar-refractivity contribution in [2.24, 2.45) is 0 Å². The number of nitrogens with one attached hydrogen (secondary N) is 1. The Kier molecular flexibility index (Phi) is 4.87. The molecule has 0 amide bonds. The van der Waals surface area contributed by atoms with Gasteiger partial charge in [-0.3, -0.25) is 0 Å². The van der Waals surface area contributed by atoms with Crippen molar-refractivity contribution in [3.63, 3.8) is 0 Å². The highest BCUT2D eigenvalue weighted by Crippen LogP contribution is 2.30. The first kappa shape index (κ1) is 14.0. The fraction of sp³-hybridized carbons (Fsp3) is 0.214. The Bertz CT molecular complexity index is 563. The van der Waals surface area contributed by atoms with Crippen LogP contribution in [0.1, 0.15) is 12.5 Å². The van der Waals surface area contributed by atoms with Gasteiger partial charge >= 0.3 is 0 Å². The van der Waals surface area contributed by atoms with Crippen LogP contribution in [0.15, 0.2) is 41.0 Å². The SMILES string of the molecule is CCNCc1cccnc1Oc1ccc(F)cc1Br. The molecule has 0 bridgehead atoms. The van der Waals surface area contributed by atoms with Gasteiger partial charge in [-0.05, 0) is 46.7 Å². The molecule has 0 radical (unpaired) electrons. The molecule has 19 heavy (non-hydrogen) atoms. The van der Waals surface area contributed by atoms with Crippen LogP contribution < -0.4 is 10.1 Å². The highest BCUT2D eigenvalue weighted by atomic mass is 79.9. The molecule has 0 unspecified atom stereocenters. The summed E-state index contributed by atoms with van der Waals surface area (Å²) in [6, 6.07) is 8.10. The Labute approximate surface area is 119 Å². The molecule has 5 heteroatoms. The fourth-order valence-corrected chi connectivity index (χ4v) is 2.00. The van der Waals surface area contributed by atoms with Crippen LogP contribution in [-0.2, 0) is 6.54 Å². The van der Waals surface area contributed by atoms with Crippen LogP contribution in [0.3, 0.4) is 0 Å². The summed E-state index contributed by atoms with van der Waals surface area (Å²) in [5, 5.41) is 3.22. The summed E-state index contributed by atoms with van der Waals surface area (Å²) >= 11 is 3.27. The van der Waals surface area contributed by atoms with E-state index in [1.165, 1.54) is 12.1 Å². The average molecular weight is 325 g/mol. The first-order valence-corrected chi connectivity index (χ1v) is 6.77. The number of pyridine rings is 1. The van der Waals surface area contributed by atoms with Crippen molar-refractivity contribution in [3.05, 3.63) is 52.4 Å². The van der Waals surface area contributed by atoms with E-state index < -0.39 is 0 Å². The van der Waals surface area contributed by atoms with Gasteiger partial charge in [0.15, 0.2) is 0 Å². The molecule has 1 heterocycles. The van der Waals surface area contributed by atoms with Crippen LogP contribution in [-0.4, -0.2) is 11.5 Å². The molecular weight excluding hydrogens is 311 g/mol. The minimum atomic E-state index is -0.312. The van der Waals surface area contributed by atoms with E-state index in [-0.39, 0.29) is 5.82 Å². The molecular formula is C14H14BrFN2O. The highest BCUT2D eigenvalue weighted by molar-refractivity contribution is 9.10. The van der Waals surface area contributed by atoms with Gasteiger partial charge in [0.25, 0.3) is 0 Å². The molecule has 1 aromatic carbocycles. The molecule has 1 aromatic heterocycles. The Balaban J connectivity index is 2.22. The number of ether oxygens (including phenoxy) is 1. The second kappa shape index (κ2) is 6.63. The Morgan fingerprint density at radius 1 is 1.37 bits per heavy atom. The topological polar surface area (TPSA) is 34.2 Å². The van der Waals surface area contributed by atoms with Gasteiger partial charge in [0.1, 0.15) is 11.6 Å². The minimum absolute atomic E-state index is 0.312.